The van der Waals surface area contributed by atoms with Crippen LogP contribution >= 0.6 is 0 Å². The molecule has 8 heteroatoms. The molecule has 3 atom stereocenters. The molecule has 1 heterocycles. The minimum Gasteiger partial charge on any atom is -0.456 e. The van der Waals surface area contributed by atoms with Crippen LogP contribution in [0.4, 0.5) is 4.79 Å². The quantitative estimate of drug-likeness (QED) is 0.523. The molecule has 8 nitrogen and oxygen atoms in total. The van der Waals surface area contributed by atoms with Gasteiger partial charge in [0.15, 0.2) is 0 Å². The van der Waals surface area contributed by atoms with Gasteiger partial charge in [0.1, 0.15) is 25.0 Å². The van der Waals surface area contributed by atoms with Crippen LogP contribution in [0, 0.1) is 5.41 Å². The van der Waals surface area contributed by atoms with Gasteiger partial charge in [0.05, 0.1) is 6.04 Å². The summed E-state index contributed by atoms with van der Waals surface area (Å²) in [6.07, 6.45) is 1.71. The third-order valence-electron chi connectivity index (χ3n) is 5.10. The van der Waals surface area contributed by atoms with Gasteiger partial charge in [-0.15, -0.1) is 0 Å². The van der Waals surface area contributed by atoms with Crippen LogP contribution in [0.25, 0.3) is 0 Å². The molecule has 3 amide bonds. The molecule has 0 radical (unpaired) electrons. The molecule has 1 saturated heterocycles. The predicted octanol–water partition coefficient (Wildman–Crippen LogP) is 2.19. The van der Waals surface area contributed by atoms with E-state index in [-0.39, 0.29) is 12.5 Å². The number of likely N-dealkylation sites (tertiary alicyclic amines) is 1. The lowest BCUT2D eigenvalue weighted by atomic mass is 9.85. The molecule has 30 heavy (non-hydrogen) atoms. The van der Waals surface area contributed by atoms with Crippen molar-refractivity contribution < 1.29 is 23.9 Å². The molecule has 2 rings (SSSR count). The Morgan fingerprint density at radius 2 is 1.90 bits per heavy atom. The van der Waals surface area contributed by atoms with E-state index in [4.69, 9.17) is 4.74 Å². The summed E-state index contributed by atoms with van der Waals surface area (Å²) in [4.78, 5) is 50.1. The molecule has 3 unspecified atom stereocenters. The maximum atomic E-state index is 13.0. The van der Waals surface area contributed by atoms with Crippen molar-refractivity contribution in [3.8, 4) is 0 Å². The van der Waals surface area contributed by atoms with E-state index in [9.17, 15) is 19.2 Å². The number of hydrogen-bond acceptors (Lipinski definition) is 5. The average Bonchev–Trinajstić information content (AvgIpc) is 3.18. The second-order valence-electron chi connectivity index (χ2n) is 8.55. The molecule has 1 aliphatic rings. The van der Waals surface area contributed by atoms with Crippen LogP contribution in [-0.4, -0.2) is 54.3 Å². The Labute approximate surface area is 177 Å². The second kappa shape index (κ2) is 10.2. The number of rotatable bonds is 7. The van der Waals surface area contributed by atoms with Crippen LogP contribution in [-0.2, 0) is 19.1 Å². The van der Waals surface area contributed by atoms with E-state index in [1.807, 2.05) is 51.1 Å². The van der Waals surface area contributed by atoms with E-state index in [2.05, 4.69) is 10.6 Å². The number of urea groups is 1. The second-order valence-corrected chi connectivity index (χ2v) is 8.55. The van der Waals surface area contributed by atoms with Gasteiger partial charge in [-0.05, 0) is 30.7 Å². The van der Waals surface area contributed by atoms with Crippen molar-refractivity contribution in [3.63, 3.8) is 0 Å². The fourth-order valence-electron chi connectivity index (χ4n) is 3.39. The fourth-order valence-corrected chi connectivity index (χ4v) is 3.39. The number of nitrogens with one attached hydrogen (secondary N) is 2. The molecule has 1 fully saturated rings. The lowest BCUT2D eigenvalue weighted by Crippen LogP contribution is -2.58. The Kier molecular flexibility index (Phi) is 7.97. The van der Waals surface area contributed by atoms with Crippen molar-refractivity contribution in [2.75, 3.05) is 13.1 Å². The van der Waals surface area contributed by atoms with Gasteiger partial charge in [0.25, 0.3) is 0 Å². The SMILES string of the molecule is CC(OC(=O)CNC(=O)NC(C(=O)N1CCCC1C=O)C(C)(C)C)c1ccccc1. The van der Waals surface area contributed by atoms with Crippen LogP contribution in [0.3, 0.4) is 0 Å². The standard InChI is InChI=1S/C22H31N3O5/c1-15(16-9-6-5-7-10-16)30-18(27)13-23-21(29)24-19(22(2,3)4)20(28)25-12-8-11-17(25)14-26/h5-7,9-10,14-15,17,19H,8,11-13H2,1-4H3,(H2,23,24,29). The van der Waals surface area contributed by atoms with Crippen molar-refractivity contribution >= 4 is 24.2 Å². The molecular formula is C22H31N3O5. The molecule has 164 valence electrons. The number of hydrogen-bond donors (Lipinski definition) is 2. The van der Waals surface area contributed by atoms with Gasteiger partial charge in [-0.2, -0.15) is 0 Å². The Bertz CT molecular complexity index is 760. The monoisotopic (exact) mass is 417 g/mol. The molecule has 0 aromatic heterocycles. The average molecular weight is 418 g/mol. The smallest absolute Gasteiger partial charge is 0.326 e. The molecule has 0 aliphatic carbocycles. The van der Waals surface area contributed by atoms with E-state index in [1.54, 1.807) is 6.92 Å². The highest BCUT2D eigenvalue weighted by atomic mass is 16.5. The van der Waals surface area contributed by atoms with Crippen LogP contribution in [0.15, 0.2) is 30.3 Å². The van der Waals surface area contributed by atoms with Crippen molar-refractivity contribution in [1.82, 2.24) is 15.5 Å². The molecule has 1 aromatic carbocycles. The normalized spacial score (nSPS) is 18.3. The Morgan fingerprint density at radius 1 is 1.23 bits per heavy atom. The summed E-state index contributed by atoms with van der Waals surface area (Å²) in [5.74, 6) is -0.881. The molecular weight excluding hydrogens is 386 g/mol. The van der Waals surface area contributed by atoms with Crippen molar-refractivity contribution in [2.24, 2.45) is 5.41 Å². The third kappa shape index (κ3) is 6.30. The van der Waals surface area contributed by atoms with E-state index >= 15 is 0 Å². The van der Waals surface area contributed by atoms with Crippen LogP contribution in [0.5, 0.6) is 0 Å². The van der Waals surface area contributed by atoms with Crippen LogP contribution < -0.4 is 10.6 Å². The zero-order valence-corrected chi connectivity index (χ0v) is 18.0. The number of esters is 1. The number of carbonyl (C=O) groups is 4. The van der Waals surface area contributed by atoms with Gasteiger partial charge in [-0.3, -0.25) is 9.59 Å². The zero-order chi connectivity index (χ0) is 22.3. The number of nitrogens with zero attached hydrogens (tertiary/aromatic N) is 1. The molecule has 2 N–H and O–H groups in total. The third-order valence-corrected chi connectivity index (χ3v) is 5.10. The first-order chi connectivity index (χ1) is 14.1. The van der Waals surface area contributed by atoms with E-state index in [1.165, 1.54) is 4.90 Å². The maximum Gasteiger partial charge on any atom is 0.326 e. The summed E-state index contributed by atoms with van der Waals surface area (Å²) < 4.78 is 5.32. The Balaban J connectivity index is 1.90. The zero-order valence-electron chi connectivity index (χ0n) is 18.0. The first-order valence-corrected chi connectivity index (χ1v) is 10.2. The maximum absolute atomic E-state index is 13.0. The summed E-state index contributed by atoms with van der Waals surface area (Å²) in [5.41, 5.74) is 0.274. The van der Waals surface area contributed by atoms with Crippen molar-refractivity contribution in [3.05, 3.63) is 35.9 Å². The number of amides is 3. The summed E-state index contributed by atoms with van der Waals surface area (Å²) >= 11 is 0. The van der Waals surface area contributed by atoms with E-state index < -0.39 is 35.6 Å². The lowest BCUT2D eigenvalue weighted by molar-refractivity contribution is -0.147. The van der Waals surface area contributed by atoms with Gasteiger partial charge in [-0.1, -0.05) is 51.1 Å². The first kappa shape index (κ1) is 23.4. The van der Waals surface area contributed by atoms with Gasteiger partial charge in [0, 0.05) is 6.54 Å². The minimum atomic E-state index is -0.836. The van der Waals surface area contributed by atoms with Crippen molar-refractivity contribution in [2.45, 2.75) is 58.7 Å². The highest BCUT2D eigenvalue weighted by Gasteiger charge is 2.39. The summed E-state index contributed by atoms with van der Waals surface area (Å²) in [7, 11) is 0. The van der Waals surface area contributed by atoms with Gasteiger partial charge in [0.2, 0.25) is 5.91 Å². The minimum absolute atomic E-state index is 0.299. The topological polar surface area (TPSA) is 105 Å². The molecule has 0 spiro atoms. The number of ether oxygens (including phenoxy) is 1. The van der Waals surface area contributed by atoms with Gasteiger partial charge < -0.3 is 25.1 Å². The summed E-state index contributed by atoms with van der Waals surface area (Å²) in [5, 5.41) is 5.10. The number of carbonyl (C=O) groups excluding carboxylic acids is 4. The summed E-state index contributed by atoms with van der Waals surface area (Å²) in [6, 6.07) is 7.34. The number of aldehydes is 1. The Hall–Kier alpha value is -2.90. The molecule has 1 aromatic rings. The van der Waals surface area contributed by atoms with Gasteiger partial charge >= 0.3 is 12.0 Å². The van der Waals surface area contributed by atoms with Crippen LogP contribution in [0.1, 0.15) is 52.2 Å². The first-order valence-electron chi connectivity index (χ1n) is 10.2. The summed E-state index contributed by atoms with van der Waals surface area (Å²) in [6.45, 7) is 7.41. The van der Waals surface area contributed by atoms with Crippen molar-refractivity contribution in [1.29, 1.82) is 0 Å². The molecule has 0 saturated carbocycles. The fraction of sp³-hybridized carbons (Fsp3) is 0.545. The molecule has 0 bridgehead atoms. The highest BCUT2D eigenvalue weighted by Crippen LogP contribution is 2.25. The highest BCUT2D eigenvalue weighted by molar-refractivity contribution is 5.90. The van der Waals surface area contributed by atoms with E-state index in [0.717, 1.165) is 18.3 Å². The lowest BCUT2D eigenvalue weighted by Gasteiger charge is -2.34. The predicted molar refractivity (Wildman–Crippen MR) is 112 cm³/mol. The largest absolute Gasteiger partial charge is 0.456 e. The van der Waals surface area contributed by atoms with Gasteiger partial charge in [-0.25, -0.2) is 4.79 Å². The number of benzene rings is 1. The Morgan fingerprint density at radius 3 is 2.50 bits per heavy atom. The molecule has 1 aliphatic heterocycles. The van der Waals surface area contributed by atoms with Crippen LogP contribution in [0.2, 0.25) is 0 Å². The van der Waals surface area contributed by atoms with E-state index in [0.29, 0.717) is 13.0 Å².